The van der Waals surface area contributed by atoms with Gasteiger partial charge in [0.2, 0.25) is 23.6 Å². The molecule has 2 heterocycles. The molecule has 2 aliphatic heterocycles. The molecule has 4 amide bonds. The molecule has 6 nitrogen and oxygen atoms in total. The number of carbonyl (C=O) groups excluding carboxylic acids is 4. The predicted molar refractivity (Wildman–Crippen MR) is 98.1 cm³/mol. The first-order chi connectivity index (χ1) is 13.6. The van der Waals surface area contributed by atoms with Crippen LogP contribution in [-0.4, -0.2) is 46.5 Å². The highest BCUT2D eigenvalue weighted by molar-refractivity contribution is 6.07. The maximum Gasteiger partial charge on any atom is 0.233 e. The summed E-state index contributed by atoms with van der Waals surface area (Å²) < 4.78 is 0. The van der Waals surface area contributed by atoms with Gasteiger partial charge in [-0.05, 0) is 49.4 Å². The number of carbonyl (C=O) groups is 4. The van der Waals surface area contributed by atoms with Gasteiger partial charge in [-0.15, -0.1) is 0 Å². The molecule has 146 valence electrons. The maximum atomic E-state index is 12.7. The van der Waals surface area contributed by atoms with E-state index >= 15 is 0 Å². The standard InChI is InChI=1S/C22H24N2O4/c25-19-15-11-3-4-12(9-11)16(15)20(26)23(19)7-1-2-8-24-21(27)17-13-5-6-14(10-13)18(17)22(24)28/h3-6,11-18H,1-2,7-10H2/t11-,12-,13-,14-,15-,16+,17-,18+/m0/s1. The molecule has 4 bridgehead atoms. The third-order valence-electron chi connectivity index (χ3n) is 8.14. The molecule has 0 aromatic carbocycles. The van der Waals surface area contributed by atoms with E-state index in [1.165, 1.54) is 9.80 Å². The number of allylic oxidation sites excluding steroid dienone is 4. The average molecular weight is 380 g/mol. The summed E-state index contributed by atoms with van der Waals surface area (Å²) in [5.41, 5.74) is 0. The SMILES string of the molecule is O=C1[C@@H]2[C@H](C(=O)N1CCCCN1C(=O)[C@@H]3[C@H](C1=O)[C@H]1C=C[C@H]3C1)[C@H]1C=C[C@H]2C1. The smallest absolute Gasteiger partial charge is 0.233 e. The summed E-state index contributed by atoms with van der Waals surface area (Å²) in [6.07, 6.45) is 11.6. The molecule has 28 heavy (non-hydrogen) atoms. The van der Waals surface area contributed by atoms with Gasteiger partial charge in [0.05, 0.1) is 23.7 Å². The fraction of sp³-hybridized carbons (Fsp3) is 0.636. The third kappa shape index (κ3) is 1.98. The van der Waals surface area contributed by atoms with E-state index in [2.05, 4.69) is 24.3 Å². The second-order valence-corrected chi connectivity index (χ2v) is 9.36. The largest absolute Gasteiger partial charge is 0.282 e. The molecular formula is C22H24N2O4. The van der Waals surface area contributed by atoms with Gasteiger partial charge in [-0.25, -0.2) is 0 Å². The Hall–Kier alpha value is -2.24. The number of rotatable bonds is 5. The third-order valence-corrected chi connectivity index (χ3v) is 8.14. The molecule has 0 aromatic heterocycles. The molecule has 2 saturated heterocycles. The highest BCUT2D eigenvalue weighted by atomic mass is 16.2. The van der Waals surface area contributed by atoms with E-state index in [1.54, 1.807) is 0 Å². The van der Waals surface area contributed by atoms with Crippen LogP contribution >= 0.6 is 0 Å². The number of amides is 4. The van der Waals surface area contributed by atoms with Gasteiger partial charge in [-0.3, -0.25) is 29.0 Å². The van der Waals surface area contributed by atoms with Crippen molar-refractivity contribution in [3.05, 3.63) is 24.3 Å². The number of nitrogens with zero attached hydrogens (tertiary/aromatic N) is 2. The minimum Gasteiger partial charge on any atom is -0.282 e. The van der Waals surface area contributed by atoms with Crippen LogP contribution in [-0.2, 0) is 19.2 Å². The molecule has 0 aromatic rings. The van der Waals surface area contributed by atoms with Gasteiger partial charge < -0.3 is 0 Å². The van der Waals surface area contributed by atoms with E-state index in [1.807, 2.05) is 0 Å². The highest BCUT2D eigenvalue weighted by Crippen LogP contribution is 2.53. The Morgan fingerprint density at radius 2 is 0.857 bits per heavy atom. The van der Waals surface area contributed by atoms with Gasteiger partial charge in [-0.1, -0.05) is 24.3 Å². The number of hydrogen-bond acceptors (Lipinski definition) is 4. The average Bonchev–Trinajstić information content (AvgIpc) is 3.49. The van der Waals surface area contributed by atoms with Crippen molar-refractivity contribution in [1.29, 1.82) is 0 Å². The summed E-state index contributed by atoms with van der Waals surface area (Å²) in [6, 6.07) is 0. The van der Waals surface area contributed by atoms with Gasteiger partial charge in [0, 0.05) is 13.1 Å². The maximum absolute atomic E-state index is 12.7. The lowest BCUT2D eigenvalue weighted by Gasteiger charge is -2.19. The summed E-state index contributed by atoms with van der Waals surface area (Å²) in [7, 11) is 0. The molecular weight excluding hydrogens is 356 g/mol. The minimum absolute atomic E-state index is 0.0163. The molecule has 2 saturated carbocycles. The molecule has 8 atom stereocenters. The molecule has 0 N–H and O–H groups in total. The number of hydrogen-bond donors (Lipinski definition) is 0. The van der Waals surface area contributed by atoms with Crippen LogP contribution < -0.4 is 0 Å². The summed E-state index contributed by atoms with van der Waals surface area (Å²) in [4.78, 5) is 53.7. The van der Waals surface area contributed by atoms with Gasteiger partial charge in [-0.2, -0.15) is 0 Å². The van der Waals surface area contributed by atoms with E-state index in [-0.39, 0.29) is 71.0 Å². The van der Waals surface area contributed by atoms with E-state index in [0.29, 0.717) is 25.9 Å². The molecule has 6 rings (SSSR count). The van der Waals surface area contributed by atoms with Crippen molar-refractivity contribution < 1.29 is 19.2 Å². The van der Waals surface area contributed by atoms with Crippen molar-refractivity contribution in [3.8, 4) is 0 Å². The Morgan fingerprint density at radius 1 is 0.571 bits per heavy atom. The lowest BCUT2D eigenvalue weighted by atomic mass is 9.85. The lowest BCUT2D eigenvalue weighted by molar-refractivity contribution is -0.143. The topological polar surface area (TPSA) is 74.8 Å². The van der Waals surface area contributed by atoms with E-state index < -0.39 is 0 Å². The second kappa shape index (κ2) is 5.65. The Morgan fingerprint density at radius 3 is 1.14 bits per heavy atom. The highest BCUT2D eigenvalue weighted by Gasteiger charge is 2.60. The second-order valence-electron chi connectivity index (χ2n) is 9.36. The zero-order chi connectivity index (χ0) is 19.2. The molecule has 6 aliphatic rings. The molecule has 0 radical (unpaired) electrons. The van der Waals surface area contributed by atoms with Crippen LogP contribution in [0.1, 0.15) is 25.7 Å². The normalized spacial score (nSPS) is 44.6. The van der Waals surface area contributed by atoms with Gasteiger partial charge >= 0.3 is 0 Å². The quantitative estimate of drug-likeness (QED) is 0.410. The Bertz CT molecular complexity index is 731. The van der Waals surface area contributed by atoms with Crippen LogP contribution in [0.25, 0.3) is 0 Å². The molecule has 6 heteroatoms. The van der Waals surface area contributed by atoms with Crippen LogP contribution in [0, 0.1) is 47.3 Å². The van der Waals surface area contributed by atoms with Crippen LogP contribution in [0.3, 0.4) is 0 Å². The molecule has 0 unspecified atom stereocenters. The fourth-order valence-corrected chi connectivity index (χ4v) is 6.91. The number of fused-ring (bicyclic) bond motifs is 10. The lowest BCUT2D eigenvalue weighted by Crippen LogP contribution is -2.36. The van der Waals surface area contributed by atoms with Crippen LogP contribution in [0.15, 0.2) is 24.3 Å². The summed E-state index contributed by atoms with van der Waals surface area (Å²) in [5.74, 6) is 0.291. The van der Waals surface area contributed by atoms with Crippen LogP contribution in [0.5, 0.6) is 0 Å². The van der Waals surface area contributed by atoms with Crippen molar-refractivity contribution in [2.24, 2.45) is 47.3 Å². The molecule has 4 fully saturated rings. The number of imide groups is 2. The first kappa shape index (κ1) is 16.7. The van der Waals surface area contributed by atoms with E-state index in [0.717, 1.165) is 12.8 Å². The zero-order valence-electron chi connectivity index (χ0n) is 15.7. The Balaban J connectivity index is 1.05. The van der Waals surface area contributed by atoms with Crippen molar-refractivity contribution in [3.63, 3.8) is 0 Å². The minimum atomic E-state index is -0.147. The van der Waals surface area contributed by atoms with Crippen molar-refractivity contribution in [1.82, 2.24) is 9.80 Å². The van der Waals surface area contributed by atoms with Crippen molar-refractivity contribution in [2.75, 3.05) is 13.1 Å². The summed E-state index contributed by atoms with van der Waals surface area (Å²) in [6.45, 7) is 0.806. The van der Waals surface area contributed by atoms with Gasteiger partial charge in [0.15, 0.2) is 0 Å². The Kier molecular flexibility index (Phi) is 3.37. The van der Waals surface area contributed by atoms with Crippen LogP contribution in [0.4, 0.5) is 0 Å². The van der Waals surface area contributed by atoms with Gasteiger partial charge in [0.1, 0.15) is 0 Å². The van der Waals surface area contributed by atoms with Crippen LogP contribution in [0.2, 0.25) is 0 Å². The Labute approximate surface area is 163 Å². The van der Waals surface area contributed by atoms with E-state index in [9.17, 15) is 19.2 Å². The summed E-state index contributed by atoms with van der Waals surface area (Å²) >= 11 is 0. The fourth-order valence-electron chi connectivity index (χ4n) is 6.91. The van der Waals surface area contributed by atoms with E-state index in [4.69, 9.17) is 0 Å². The summed E-state index contributed by atoms with van der Waals surface area (Å²) in [5, 5.41) is 0. The first-order valence-corrected chi connectivity index (χ1v) is 10.6. The predicted octanol–water partition coefficient (Wildman–Crippen LogP) is 1.38. The van der Waals surface area contributed by atoms with Crippen molar-refractivity contribution in [2.45, 2.75) is 25.7 Å². The van der Waals surface area contributed by atoms with Crippen molar-refractivity contribution >= 4 is 23.6 Å². The zero-order valence-corrected chi connectivity index (χ0v) is 15.7. The number of unbranched alkanes of at least 4 members (excludes halogenated alkanes) is 1. The molecule has 0 spiro atoms. The molecule has 4 aliphatic carbocycles. The first-order valence-electron chi connectivity index (χ1n) is 10.6. The number of likely N-dealkylation sites (tertiary alicyclic amines) is 2. The van der Waals surface area contributed by atoms with Gasteiger partial charge in [0.25, 0.3) is 0 Å². The monoisotopic (exact) mass is 380 g/mol.